The van der Waals surface area contributed by atoms with Gasteiger partial charge in [0.05, 0.1) is 21.9 Å². The number of ketones is 1. The maximum absolute atomic E-state index is 12.2. The number of carbonyl (C=O) groups is 1. The van der Waals surface area contributed by atoms with Crippen LogP contribution >= 0.6 is 35.3 Å². The van der Waals surface area contributed by atoms with Gasteiger partial charge in [-0.05, 0) is 57.4 Å². The summed E-state index contributed by atoms with van der Waals surface area (Å²) >= 11 is 4.38. The van der Waals surface area contributed by atoms with Gasteiger partial charge < -0.3 is 14.8 Å². The molecule has 3 aromatic heterocycles. The van der Waals surface area contributed by atoms with Crippen molar-refractivity contribution in [2.75, 3.05) is 5.75 Å². The number of thioether (sulfide) groups is 3. The Morgan fingerprint density at radius 2 is 1.20 bits per heavy atom. The predicted molar refractivity (Wildman–Crippen MR) is 243 cm³/mol. The van der Waals surface area contributed by atoms with Gasteiger partial charge in [-0.15, -0.1) is 18.3 Å². The zero-order valence-electron chi connectivity index (χ0n) is 34.2. The Bertz CT molecular complexity index is 2530. The van der Waals surface area contributed by atoms with Crippen molar-refractivity contribution >= 4 is 41.1 Å². The van der Waals surface area contributed by atoms with Crippen molar-refractivity contribution < 1.29 is 15.0 Å². The molecule has 6 rings (SSSR count). The van der Waals surface area contributed by atoms with Crippen molar-refractivity contribution in [1.82, 2.24) is 18.7 Å². The molecule has 2 N–H and O–H groups in total. The summed E-state index contributed by atoms with van der Waals surface area (Å²) in [6.45, 7) is 14.5. The van der Waals surface area contributed by atoms with Gasteiger partial charge >= 0.3 is 0 Å². The molecule has 0 spiro atoms. The summed E-state index contributed by atoms with van der Waals surface area (Å²) in [6, 6.07) is 31.5. The molecule has 0 atom stereocenters. The molecule has 10 nitrogen and oxygen atoms in total. The lowest BCUT2D eigenvalue weighted by Gasteiger charge is -2.11. The SMILES string of the molecule is C=CCn1c(SCC(=O)c2ccc(C)cc2)cc(C)cc1=O.CCn1c(SCc2ccc(C)cc2)nc(O)cc1=O.Cc1ccc(CSc2cc(O)cc(=O)n2C)cc1. The van der Waals surface area contributed by atoms with Crippen LogP contribution in [0.4, 0.5) is 0 Å². The minimum absolute atomic E-state index is 0.0181. The smallest absolute Gasteiger partial charge is 0.257 e. The number of carbonyl (C=O) groups excluding carboxylic acids is 1. The highest BCUT2D eigenvalue weighted by molar-refractivity contribution is 8.00. The van der Waals surface area contributed by atoms with E-state index in [0.29, 0.717) is 29.6 Å². The van der Waals surface area contributed by atoms with Crippen molar-refractivity contribution in [2.24, 2.45) is 7.05 Å². The lowest BCUT2D eigenvalue weighted by molar-refractivity contribution is 0.102. The number of aryl methyl sites for hydroxylation is 4. The summed E-state index contributed by atoms with van der Waals surface area (Å²) in [6.07, 6.45) is 1.68. The van der Waals surface area contributed by atoms with Crippen LogP contribution in [0.3, 0.4) is 0 Å². The van der Waals surface area contributed by atoms with Crippen LogP contribution in [0.15, 0.2) is 145 Å². The highest BCUT2D eigenvalue weighted by atomic mass is 32.2. The van der Waals surface area contributed by atoms with Crippen LogP contribution in [-0.2, 0) is 31.6 Å². The van der Waals surface area contributed by atoms with Gasteiger partial charge in [0.15, 0.2) is 10.9 Å². The maximum atomic E-state index is 12.2. The van der Waals surface area contributed by atoms with Crippen molar-refractivity contribution in [1.29, 1.82) is 0 Å². The lowest BCUT2D eigenvalue weighted by atomic mass is 10.1. The third-order valence-electron chi connectivity index (χ3n) is 8.75. The van der Waals surface area contributed by atoms with E-state index in [2.05, 4.69) is 67.0 Å². The Hall–Kier alpha value is -5.50. The molecule has 59 heavy (non-hydrogen) atoms. The van der Waals surface area contributed by atoms with E-state index in [0.717, 1.165) is 44.3 Å². The third-order valence-corrected chi connectivity index (χ3v) is 12.0. The second kappa shape index (κ2) is 22.6. The van der Waals surface area contributed by atoms with E-state index in [9.17, 15) is 29.4 Å². The number of hydrogen-bond donors (Lipinski definition) is 2. The van der Waals surface area contributed by atoms with E-state index in [4.69, 9.17) is 0 Å². The van der Waals surface area contributed by atoms with Crippen LogP contribution < -0.4 is 16.7 Å². The number of aromatic nitrogens is 4. The van der Waals surface area contributed by atoms with Gasteiger partial charge in [0.25, 0.3) is 16.7 Å². The summed E-state index contributed by atoms with van der Waals surface area (Å²) in [5.41, 5.74) is 7.05. The van der Waals surface area contributed by atoms with Gasteiger partial charge in [-0.1, -0.05) is 119 Å². The zero-order chi connectivity index (χ0) is 43.1. The first kappa shape index (κ1) is 46.2. The van der Waals surface area contributed by atoms with Crippen molar-refractivity contribution in [3.8, 4) is 11.6 Å². The second-order valence-corrected chi connectivity index (χ2v) is 16.6. The van der Waals surface area contributed by atoms with Gasteiger partial charge in [0.2, 0.25) is 5.88 Å². The molecule has 0 aliphatic rings. The lowest BCUT2D eigenvalue weighted by Crippen LogP contribution is -2.21. The van der Waals surface area contributed by atoms with Crippen LogP contribution in [-0.4, -0.2) is 40.4 Å². The van der Waals surface area contributed by atoms with E-state index in [1.54, 1.807) is 39.0 Å². The van der Waals surface area contributed by atoms with Crippen LogP contribution in [0.25, 0.3) is 0 Å². The minimum Gasteiger partial charge on any atom is -0.508 e. The predicted octanol–water partition coefficient (Wildman–Crippen LogP) is 8.89. The Kier molecular flexibility index (Phi) is 17.7. The van der Waals surface area contributed by atoms with Crippen LogP contribution in [0.5, 0.6) is 11.6 Å². The zero-order valence-corrected chi connectivity index (χ0v) is 36.6. The molecule has 0 radical (unpaired) electrons. The number of benzene rings is 3. The Balaban J connectivity index is 0.000000197. The average molecular weight is 851 g/mol. The molecule has 0 bridgehead atoms. The summed E-state index contributed by atoms with van der Waals surface area (Å²) in [7, 11) is 1.71. The van der Waals surface area contributed by atoms with Gasteiger partial charge in [0, 0.05) is 55.4 Å². The standard InChI is InChI=1S/C18H19NO2S.C14H16N2O2S.C14H15NO2S/c1-4-9-19-17(21)10-14(3)11-18(19)22-12-16(20)15-7-5-13(2)6-8-15;1-3-16-13(18)8-12(17)15-14(16)19-9-11-6-4-10(2)5-7-11;1-10-3-5-11(6-4-10)9-18-14-8-12(16)7-13(17)15(14)2/h4-8,10-11H,1,9,12H2,2-3H3;4-8,17H,3,9H2,1-2H3;3-8,16H,9H2,1-2H3. The molecule has 13 heteroatoms. The van der Waals surface area contributed by atoms with E-state index >= 15 is 0 Å². The number of pyridine rings is 2. The van der Waals surface area contributed by atoms with E-state index in [1.165, 1.54) is 58.0 Å². The first-order valence-corrected chi connectivity index (χ1v) is 21.8. The maximum Gasteiger partial charge on any atom is 0.257 e. The fraction of sp³-hybridized carbons (Fsp3) is 0.239. The Labute approximate surface area is 357 Å². The summed E-state index contributed by atoms with van der Waals surface area (Å²) in [5, 5.41) is 20.9. The summed E-state index contributed by atoms with van der Waals surface area (Å²) in [4.78, 5) is 51.5. The number of hydrogen-bond acceptors (Lipinski definition) is 10. The van der Waals surface area contributed by atoms with Crippen LogP contribution in [0.1, 0.15) is 50.7 Å². The Morgan fingerprint density at radius 1 is 0.661 bits per heavy atom. The largest absolute Gasteiger partial charge is 0.508 e. The molecule has 0 saturated carbocycles. The average Bonchev–Trinajstić information content (AvgIpc) is 3.20. The fourth-order valence-electron chi connectivity index (χ4n) is 5.37. The monoisotopic (exact) mass is 850 g/mol. The molecule has 308 valence electrons. The molecule has 3 heterocycles. The normalized spacial score (nSPS) is 10.5. The van der Waals surface area contributed by atoms with E-state index in [-0.39, 0.29) is 34.1 Å². The molecule has 0 aliphatic carbocycles. The topological polar surface area (TPSA) is 136 Å². The van der Waals surface area contributed by atoms with Crippen molar-refractivity contribution in [3.63, 3.8) is 0 Å². The molecular weight excluding hydrogens is 801 g/mol. The molecular formula is C46H50N4O6S3. The Morgan fingerprint density at radius 3 is 1.76 bits per heavy atom. The molecule has 0 saturated heterocycles. The highest BCUT2D eigenvalue weighted by Crippen LogP contribution is 2.25. The first-order valence-electron chi connectivity index (χ1n) is 18.8. The summed E-state index contributed by atoms with van der Waals surface area (Å²) < 4.78 is 4.73. The summed E-state index contributed by atoms with van der Waals surface area (Å²) in [5.74, 6) is 1.66. The minimum atomic E-state index is -0.221. The van der Waals surface area contributed by atoms with Crippen molar-refractivity contribution in [3.05, 3.63) is 186 Å². The van der Waals surface area contributed by atoms with Crippen LogP contribution in [0, 0.1) is 27.7 Å². The van der Waals surface area contributed by atoms with Gasteiger partial charge in [-0.2, -0.15) is 4.98 Å². The number of nitrogens with zero attached hydrogens (tertiary/aromatic N) is 4. The fourth-order valence-corrected chi connectivity index (χ4v) is 8.42. The first-order chi connectivity index (χ1) is 28.2. The molecule has 0 amide bonds. The molecule has 0 aliphatic heterocycles. The van der Waals surface area contributed by atoms with Crippen molar-refractivity contribution in [2.45, 2.75) is 74.4 Å². The third kappa shape index (κ3) is 14.4. The number of Topliss-reactive ketones (excluding diaryl/α,β-unsaturated/α-hetero) is 1. The number of aromatic hydroxyl groups is 2. The molecule has 0 unspecified atom stereocenters. The van der Waals surface area contributed by atoms with Gasteiger partial charge in [-0.3, -0.25) is 28.3 Å². The van der Waals surface area contributed by atoms with E-state index in [1.807, 2.05) is 58.0 Å². The molecule has 3 aromatic carbocycles. The highest BCUT2D eigenvalue weighted by Gasteiger charge is 2.11. The van der Waals surface area contributed by atoms with E-state index < -0.39 is 0 Å². The van der Waals surface area contributed by atoms with Gasteiger partial charge in [-0.25, -0.2) is 0 Å². The quantitative estimate of drug-likeness (QED) is 0.0502. The number of rotatable bonds is 13. The molecule has 0 fully saturated rings. The number of allylic oxidation sites excluding steroid dienone is 1. The second-order valence-electron chi connectivity index (χ2n) is 13.7. The molecule has 6 aromatic rings. The van der Waals surface area contributed by atoms with Crippen LogP contribution in [0.2, 0.25) is 0 Å². The van der Waals surface area contributed by atoms with Gasteiger partial charge in [0.1, 0.15) is 5.75 Å².